The Hall–Kier alpha value is -1.50. The second kappa shape index (κ2) is 4.56. The number of aromatic nitrogens is 1. The first-order valence-corrected chi connectivity index (χ1v) is 5.89. The van der Waals surface area contributed by atoms with Crippen molar-refractivity contribution in [3.8, 4) is 0 Å². The number of thioether (sulfide) groups is 1. The minimum absolute atomic E-state index is 0.00326. The van der Waals surface area contributed by atoms with Crippen LogP contribution in [0.15, 0.2) is 10.6 Å². The van der Waals surface area contributed by atoms with Crippen molar-refractivity contribution in [1.29, 1.82) is 0 Å². The van der Waals surface area contributed by atoms with Gasteiger partial charge in [0.15, 0.2) is 5.82 Å². The molecule has 0 aliphatic carbocycles. The second-order valence-electron chi connectivity index (χ2n) is 3.44. The van der Waals surface area contributed by atoms with E-state index in [9.17, 15) is 9.59 Å². The standard InChI is InChI=1S/C9H11N3O3S/c1-6-2-7(11-15-6)10-8(13)3-12-5-16-4-9(12)14/h2H,3-5H2,1H3,(H,10,11,13). The van der Waals surface area contributed by atoms with Gasteiger partial charge in [-0.2, -0.15) is 0 Å². The van der Waals surface area contributed by atoms with Gasteiger partial charge < -0.3 is 14.7 Å². The largest absolute Gasteiger partial charge is 0.360 e. The molecule has 0 aromatic carbocycles. The number of carbonyl (C=O) groups is 2. The summed E-state index contributed by atoms with van der Waals surface area (Å²) in [7, 11) is 0. The summed E-state index contributed by atoms with van der Waals surface area (Å²) in [5.41, 5.74) is 0. The van der Waals surface area contributed by atoms with Crippen LogP contribution in [0.5, 0.6) is 0 Å². The number of hydrogen-bond donors (Lipinski definition) is 1. The number of hydrogen-bond acceptors (Lipinski definition) is 5. The SMILES string of the molecule is Cc1cc(NC(=O)CN2CSCC2=O)no1. The minimum Gasteiger partial charge on any atom is -0.360 e. The Kier molecular flexibility index (Phi) is 3.14. The first-order chi connectivity index (χ1) is 7.65. The number of carbonyl (C=O) groups excluding carboxylic acids is 2. The van der Waals surface area contributed by atoms with Crippen LogP contribution in [0, 0.1) is 6.92 Å². The Bertz CT molecular complexity index is 418. The van der Waals surface area contributed by atoms with E-state index in [2.05, 4.69) is 10.5 Å². The van der Waals surface area contributed by atoms with Gasteiger partial charge in [0, 0.05) is 6.07 Å². The molecule has 1 aliphatic heterocycles. The molecule has 16 heavy (non-hydrogen) atoms. The summed E-state index contributed by atoms with van der Waals surface area (Å²) in [5.74, 6) is 1.77. The van der Waals surface area contributed by atoms with E-state index in [1.54, 1.807) is 13.0 Å². The van der Waals surface area contributed by atoms with E-state index in [0.29, 0.717) is 23.2 Å². The van der Waals surface area contributed by atoms with Crippen molar-refractivity contribution in [2.75, 3.05) is 23.5 Å². The van der Waals surface area contributed by atoms with Crippen LogP contribution in [0.2, 0.25) is 0 Å². The molecule has 2 heterocycles. The fourth-order valence-electron chi connectivity index (χ4n) is 1.32. The smallest absolute Gasteiger partial charge is 0.245 e. The molecule has 0 spiro atoms. The molecule has 1 aromatic heterocycles. The average Bonchev–Trinajstić information content (AvgIpc) is 2.77. The van der Waals surface area contributed by atoms with E-state index in [1.807, 2.05) is 0 Å². The maximum absolute atomic E-state index is 11.5. The third kappa shape index (κ3) is 2.54. The first kappa shape index (κ1) is 11.0. The quantitative estimate of drug-likeness (QED) is 0.831. The van der Waals surface area contributed by atoms with Gasteiger partial charge >= 0.3 is 0 Å². The van der Waals surface area contributed by atoms with Crippen molar-refractivity contribution in [2.45, 2.75) is 6.92 Å². The van der Waals surface area contributed by atoms with Crippen LogP contribution in [0.1, 0.15) is 5.76 Å². The number of rotatable bonds is 3. The molecule has 0 bridgehead atoms. The molecule has 1 fully saturated rings. The summed E-state index contributed by atoms with van der Waals surface area (Å²) in [4.78, 5) is 24.3. The van der Waals surface area contributed by atoms with E-state index in [0.717, 1.165) is 0 Å². The molecule has 1 N–H and O–H groups in total. The Morgan fingerprint density at radius 1 is 1.75 bits per heavy atom. The lowest BCUT2D eigenvalue weighted by molar-refractivity contribution is -0.130. The molecule has 1 aliphatic rings. The van der Waals surface area contributed by atoms with Crippen molar-refractivity contribution >= 4 is 29.4 Å². The third-order valence-corrected chi connectivity index (χ3v) is 3.00. The molecule has 0 atom stereocenters. The molecule has 0 radical (unpaired) electrons. The predicted octanol–water partition coefficient (Wildman–Crippen LogP) is 0.454. The molecule has 0 saturated carbocycles. The predicted molar refractivity (Wildman–Crippen MR) is 58.9 cm³/mol. The van der Waals surface area contributed by atoms with Crippen molar-refractivity contribution < 1.29 is 14.1 Å². The van der Waals surface area contributed by atoms with Crippen LogP contribution < -0.4 is 5.32 Å². The highest BCUT2D eigenvalue weighted by atomic mass is 32.2. The molecular formula is C9H11N3O3S. The molecule has 2 amide bonds. The lowest BCUT2D eigenvalue weighted by atomic mass is 10.4. The second-order valence-corrected chi connectivity index (χ2v) is 4.40. The van der Waals surface area contributed by atoms with Crippen LogP contribution in [0.3, 0.4) is 0 Å². The summed E-state index contributed by atoms with van der Waals surface area (Å²) in [6.45, 7) is 1.81. The highest BCUT2D eigenvalue weighted by Crippen LogP contribution is 2.14. The van der Waals surface area contributed by atoms with Crippen LogP contribution >= 0.6 is 11.8 Å². The molecule has 1 aromatic rings. The molecule has 0 unspecified atom stereocenters. The summed E-state index contributed by atoms with van der Waals surface area (Å²) in [5, 5.41) is 6.20. The van der Waals surface area contributed by atoms with Gasteiger partial charge in [-0.05, 0) is 6.92 Å². The first-order valence-electron chi connectivity index (χ1n) is 4.74. The van der Waals surface area contributed by atoms with E-state index >= 15 is 0 Å². The van der Waals surface area contributed by atoms with Crippen molar-refractivity contribution in [2.24, 2.45) is 0 Å². The van der Waals surface area contributed by atoms with Crippen LogP contribution in [0.25, 0.3) is 0 Å². The molecular weight excluding hydrogens is 230 g/mol. The number of aryl methyl sites for hydroxylation is 1. The summed E-state index contributed by atoms with van der Waals surface area (Å²) in [6, 6.07) is 1.62. The van der Waals surface area contributed by atoms with Gasteiger partial charge in [-0.3, -0.25) is 9.59 Å². The maximum atomic E-state index is 11.5. The average molecular weight is 241 g/mol. The monoisotopic (exact) mass is 241 g/mol. The summed E-state index contributed by atoms with van der Waals surface area (Å²) < 4.78 is 4.81. The topological polar surface area (TPSA) is 75.4 Å². The summed E-state index contributed by atoms with van der Waals surface area (Å²) in [6.07, 6.45) is 0. The highest BCUT2D eigenvalue weighted by molar-refractivity contribution is 8.00. The molecule has 7 heteroatoms. The Morgan fingerprint density at radius 2 is 2.56 bits per heavy atom. The molecule has 1 saturated heterocycles. The van der Waals surface area contributed by atoms with Crippen LogP contribution in [-0.2, 0) is 9.59 Å². The Labute approximate surface area is 96.3 Å². The zero-order chi connectivity index (χ0) is 11.5. The van der Waals surface area contributed by atoms with E-state index < -0.39 is 0 Å². The highest BCUT2D eigenvalue weighted by Gasteiger charge is 2.23. The van der Waals surface area contributed by atoms with Gasteiger partial charge in [-0.1, -0.05) is 5.16 Å². The van der Waals surface area contributed by atoms with Gasteiger partial charge in [-0.15, -0.1) is 11.8 Å². The van der Waals surface area contributed by atoms with Crippen molar-refractivity contribution in [1.82, 2.24) is 10.1 Å². The summed E-state index contributed by atoms with van der Waals surface area (Å²) >= 11 is 1.50. The fourth-order valence-corrected chi connectivity index (χ4v) is 2.23. The lowest BCUT2D eigenvalue weighted by Gasteiger charge is -2.12. The van der Waals surface area contributed by atoms with Crippen molar-refractivity contribution in [3.05, 3.63) is 11.8 Å². The Morgan fingerprint density at radius 3 is 3.12 bits per heavy atom. The number of amides is 2. The lowest BCUT2D eigenvalue weighted by Crippen LogP contribution is -2.34. The van der Waals surface area contributed by atoms with Gasteiger partial charge in [0.05, 0.1) is 11.6 Å². The van der Waals surface area contributed by atoms with Crippen LogP contribution in [0.4, 0.5) is 5.82 Å². The van der Waals surface area contributed by atoms with Gasteiger partial charge in [0.1, 0.15) is 12.3 Å². The molecule has 2 rings (SSSR count). The molecule has 86 valence electrons. The van der Waals surface area contributed by atoms with Crippen molar-refractivity contribution in [3.63, 3.8) is 0 Å². The Balaban J connectivity index is 1.86. The zero-order valence-corrected chi connectivity index (χ0v) is 9.54. The fraction of sp³-hybridized carbons (Fsp3) is 0.444. The zero-order valence-electron chi connectivity index (χ0n) is 8.73. The number of anilines is 1. The minimum atomic E-state index is -0.260. The van der Waals surface area contributed by atoms with Crippen LogP contribution in [-0.4, -0.2) is 40.0 Å². The third-order valence-electron chi connectivity index (χ3n) is 2.06. The van der Waals surface area contributed by atoms with Gasteiger partial charge in [0.2, 0.25) is 11.8 Å². The molecule has 6 nitrogen and oxygen atoms in total. The number of nitrogens with zero attached hydrogens (tertiary/aromatic N) is 2. The van der Waals surface area contributed by atoms with Gasteiger partial charge in [0.25, 0.3) is 0 Å². The van der Waals surface area contributed by atoms with E-state index in [-0.39, 0.29) is 18.4 Å². The number of nitrogens with one attached hydrogen (secondary N) is 1. The van der Waals surface area contributed by atoms with Gasteiger partial charge in [-0.25, -0.2) is 0 Å². The normalized spacial score (nSPS) is 15.6. The van der Waals surface area contributed by atoms with E-state index in [4.69, 9.17) is 4.52 Å². The van der Waals surface area contributed by atoms with E-state index in [1.165, 1.54) is 16.7 Å². The maximum Gasteiger partial charge on any atom is 0.245 e.